The van der Waals surface area contributed by atoms with Crippen LogP contribution in [0.25, 0.3) is 21.9 Å². The largest absolute Gasteiger partial charge is 0.508 e. The summed E-state index contributed by atoms with van der Waals surface area (Å²) in [6.07, 6.45) is 1.18. The second-order valence-corrected chi connectivity index (χ2v) is 13.7. The average Bonchev–Trinajstić information content (AvgIpc) is 2.98. The zero-order valence-electron chi connectivity index (χ0n) is 26.4. The Balaban J connectivity index is 1.38. The summed E-state index contributed by atoms with van der Waals surface area (Å²) in [5, 5.41) is 11.6. The lowest BCUT2D eigenvalue weighted by Crippen LogP contribution is -2.32. The van der Waals surface area contributed by atoms with Gasteiger partial charge in [0.25, 0.3) is 0 Å². The summed E-state index contributed by atoms with van der Waals surface area (Å²) in [6, 6.07) is 22.9. The van der Waals surface area contributed by atoms with Gasteiger partial charge in [-0.1, -0.05) is 25.1 Å². The third-order valence-corrected chi connectivity index (χ3v) is 8.03. The van der Waals surface area contributed by atoms with Crippen LogP contribution in [-0.2, 0) is 24.1 Å². The molecule has 0 saturated carbocycles. The minimum absolute atomic E-state index is 0.0715. The van der Waals surface area contributed by atoms with E-state index in [-0.39, 0.29) is 23.2 Å². The first kappa shape index (κ1) is 33.8. The molecule has 0 aliphatic heterocycles. The van der Waals surface area contributed by atoms with Gasteiger partial charge in [-0.05, 0) is 98.9 Å². The normalized spacial score (nSPS) is 12.0. The molecular formula is C35H41NO8S. The standard InChI is InChI=1S/C35H41NO8S/c1-6-36(19-21-41-24-33(38)44-35(2,3)4)20-22-42-28-11-13-29(14-12-28)43-34-31(17-9-26-23-27(37)10-18-32(26)34)25-7-15-30(16-8-25)45(5,39)40/h7-18,23,37H,6,19-22,24H2,1-5H3. The van der Waals surface area contributed by atoms with Crippen LogP contribution < -0.4 is 9.47 Å². The van der Waals surface area contributed by atoms with Crippen LogP contribution in [0.2, 0.25) is 0 Å². The fourth-order valence-corrected chi connectivity index (χ4v) is 5.30. The molecule has 0 fully saturated rings. The van der Waals surface area contributed by atoms with E-state index in [9.17, 15) is 18.3 Å². The van der Waals surface area contributed by atoms with Crippen molar-refractivity contribution in [3.8, 4) is 34.1 Å². The number of nitrogens with zero attached hydrogens (tertiary/aromatic N) is 1. The molecule has 0 heterocycles. The van der Waals surface area contributed by atoms with E-state index in [1.165, 1.54) is 6.26 Å². The Morgan fingerprint density at radius 2 is 1.53 bits per heavy atom. The highest BCUT2D eigenvalue weighted by molar-refractivity contribution is 7.90. The van der Waals surface area contributed by atoms with Crippen LogP contribution in [0.3, 0.4) is 0 Å². The molecule has 0 saturated heterocycles. The molecule has 1 N–H and O–H groups in total. The minimum Gasteiger partial charge on any atom is -0.508 e. The quantitative estimate of drug-likeness (QED) is 0.123. The summed E-state index contributed by atoms with van der Waals surface area (Å²) in [7, 11) is -3.33. The van der Waals surface area contributed by atoms with Gasteiger partial charge in [0.1, 0.15) is 41.8 Å². The number of phenols is 1. The van der Waals surface area contributed by atoms with Gasteiger partial charge in [-0.25, -0.2) is 13.2 Å². The summed E-state index contributed by atoms with van der Waals surface area (Å²) in [5.74, 6) is 1.64. The summed E-state index contributed by atoms with van der Waals surface area (Å²) >= 11 is 0. The summed E-state index contributed by atoms with van der Waals surface area (Å²) < 4.78 is 47.1. The molecule has 10 heteroatoms. The van der Waals surface area contributed by atoms with E-state index in [0.29, 0.717) is 43.6 Å². The van der Waals surface area contributed by atoms with Crippen LogP contribution in [0.5, 0.6) is 23.0 Å². The maximum Gasteiger partial charge on any atom is 0.332 e. The molecule has 4 aromatic carbocycles. The fraction of sp³-hybridized carbons (Fsp3) is 0.343. The third kappa shape index (κ3) is 9.94. The lowest BCUT2D eigenvalue weighted by molar-refractivity contribution is -0.160. The van der Waals surface area contributed by atoms with Gasteiger partial charge >= 0.3 is 5.97 Å². The van der Waals surface area contributed by atoms with E-state index in [2.05, 4.69) is 11.8 Å². The van der Waals surface area contributed by atoms with Gasteiger partial charge in [-0.15, -0.1) is 0 Å². The van der Waals surface area contributed by atoms with Crippen molar-refractivity contribution in [1.29, 1.82) is 0 Å². The van der Waals surface area contributed by atoms with Crippen LogP contribution in [0.4, 0.5) is 0 Å². The molecule has 240 valence electrons. The Labute approximate surface area is 265 Å². The average molecular weight is 636 g/mol. The van der Waals surface area contributed by atoms with Crippen molar-refractivity contribution in [2.45, 2.75) is 38.2 Å². The first-order valence-corrected chi connectivity index (χ1v) is 16.7. The number of aromatic hydroxyl groups is 1. The number of likely N-dealkylation sites (N-methyl/N-ethyl adjacent to an activating group) is 1. The smallest absolute Gasteiger partial charge is 0.332 e. The van der Waals surface area contributed by atoms with Gasteiger partial charge in [-0.3, -0.25) is 4.90 Å². The topological polar surface area (TPSA) is 112 Å². The Kier molecular flexibility index (Phi) is 11.1. The minimum atomic E-state index is -3.33. The molecule has 4 aromatic rings. The Hall–Kier alpha value is -4.12. The maximum atomic E-state index is 12.0. The number of fused-ring (bicyclic) bond motifs is 1. The van der Waals surface area contributed by atoms with E-state index < -0.39 is 15.4 Å². The van der Waals surface area contributed by atoms with E-state index in [4.69, 9.17) is 18.9 Å². The molecule has 9 nitrogen and oxygen atoms in total. The number of esters is 1. The number of phenolic OH excluding ortho intramolecular Hbond substituents is 1. The van der Waals surface area contributed by atoms with E-state index >= 15 is 0 Å². The zero-order valence-corrected chi connectivity index (χ0v) is 27.2. The highest BCUT2D eigenvalue weighted by Crippen LogP contribution is 2.41. The SMILES string of the molecule is CCN(CCOCC(=O)OC(C)(C)C)CCOc1ccc(Oc2c(-c3ccc(S(C)(=O)=O)cc3)ccc3cc(O)ccc23)cc1. The molecule has 4 rings (SSSR count). The predicted molar refractivity (Wildman–Crippen MR) is 175 cm³/mol. The third-order valence-electron chi connectivity index (χ3n) is 6.91. The van der Waals surface area contributed by atoms with Crippen molar-refractivity contribution >= 4 is 26.6 Å². The zero-order chi connectivity index (χ0) is 32.6. The number of sulfone groups is 1. The van der Waals surface area contributed by atoms with Gasteiger partial charge in [0, 0.05) is 30.3 Å². The second-order valence-electron chi connectivity index (χ2n) is 11.6. The molecule has 0 radical (unpaired) electrons. The first-order valence-electron chi connectivity index (χ1n) is 14.8. The van der Waals surface area contributed by atoms with E-state index in [1.807, 2.05) is 57.2 Å². The van der Waals surface area contributed by atoms with Crippen LogP contribution in [0.15, 0.2) is 83.8 Å². The van der Waals surface area contributed by atoms with Crippen molar-refractivity contribution in [3.63, 3.8) is 0 Å². The summed E-state index contributed by atoms with van der Waals surface area (Å²) in [5.41, 5.74) is 1.04. The van der Waals surface area contributed by atoms with Crippen molar-refractivity contribution < 1.29 is 37.3 Å². The lowest BCUT2D eigenvalue weighted by atomic mass is 9.99. The molecule has 0 atom stereocenters. The molecule has 0 unspecified atom stereocenters. The molecular weight excluding hydrogens is 594 g/mol. The Morgan fingerprint density at radius 1 is 0.867 bits per heavy atom. The van der Waals surface area contributed by atoms with Crippen molar-refractivity contribution in [3.05, 3.63) is 78.9 Å². The molecule has 0 bridgehead atoms. The van der Waals surface area contributed by atoms with Gasteiger partial charge in [0.2, 0.25) is 0 Å². The van der Waals surface area contributed by atoms with E-state index in [0.717, 1.165) is 28.4 Å². The van der Waals surface area contributed by atoms with Crippen molar-refractivity contribution in [1.82, 2.24) is 4.90 Å². The molecule has 45 heavy (non-hydrogen) atoms. The summed E-state index contributed by atoms with van der Waals surface area (Å²) in [4.78, 5) is 14.2. The molecule has 0 spiro atoms. The van der Waals surface area contributed by atoms with Crippen molar-refractivity contribution in [2.75, 3.05) is 45.7 Å². The van der Waals surface area contributed by atoms with Crippen LogP contribution in [0.1, 0.15) is 27.7 Å². The Bertz CT molecular complexity index is 1700. The molecule has 0 aliphatic rings. The fourth-order valence-electron chi connectivity index (χ4n) is 4.67. The van der Waals surface area contributed by atoms with Gasteiger partial charge in [-0.2, -0.15) is 0 Å². The molecule has 0 aliphatic carbocycles. The first-order chi connectivity index (χ1) is 21.3. The van der Waals surface area contributed by atoms with E-state index in [1.54, 1.807) is 42.5 Å². The van der Waals surface area contributed by atoms with Crippen molar-refractivity contribution in [2.24, 2.45) is 0 Å². The maximum absolute atomic E-state index is 12.0. The number of benzene rings is 4. The monoisotopic (exact) mass is 635 g/mol. The molecule has 0 aromatic heterocycles. The van der Waals surface area contributed by atoms with Gasteiger partial charge in [0.15, 0.2) is 9.84 Å². The van der Waals surface area contributed by atoms with Crippen LogP contribution in [-0.4, -0.2) is 75.7 Å². The summed E-state index contributed by atoms with van der Waals surface area (Å²) in [6.45, 7) is 10.5. The molecule has 0 amide bonds. The van der Waals surface area contributed by atoms with Gasteiger partial charge in [0.05, 0.1) is 11.5 Å². The number of carbonyl (C=O) groups excluding carboxylic acids is 1. The lowest BCUT2D eigenvalue weighted by Gasteiger charge is -2.21. The predicted octanol–water partition coefficient (Wildman–Crippen LogP) is 6.47. The number of rotatable bonds is 14. The highest BCUT2D eigenvalue weighted by atomic mass is 32.2. The number of hydrogen-bond donors (Lipinski definition) is 1. The van der Waals surface area contributed by atoms with Gasteiger partial charge < -0.3 is 24.1 Å². The number of hydrogen-bond acceptors (Lipinski definition) is 9. The van der Waals surface area contributed by atoms with Crippen LogP contribution in [0, 0.1) is 0 Å². The number of ether oxygens (including phenoxy) is 4. The highest BCUT2D eigenvalue weighted by Gasteiger charge is 2.17. The number of carbonyl (C=O) groups is 1. The second kappa shape index (κ2) is 14.8. The van der Waals surface area contributed by atoms with Crippen LogP contribution >= 0.6 is 0 Å². The Morgan fingerprint density at radius 3 is 2.18 bits per heavy atom.